The Labute approximate surface area is 103 Å². The molecule has 0 saturated heterocycles. The average Bonchev–Trinajstić information content (AvgIpc) is 2.64. The Hall–Kier alpha value is -1.40. The molecule has 0 radical (unpaired) electrons. The number of carboxylic acid groups (broad SMARTS) is 1. The van der Waals surface area contributed by atoms with Crippen molar-refractivity contribution in [3.8, 4) is 0 Å². The lowest BCUT2D eigenvalue weighted by atomic mass is 10.0. The second-order valence-corrected chi connectivity index (χ2v) is 5.36. The van der Waals surface area contributed by atoms with Crippen molar-refractivity contribution in [3.05, 3.63) is 21.9 Å². The Kier molecular flexibility index (Phi) is 4.25. The van der Waals surface area contributed by atoms with Crippen LogP contribution in [-0.2, 0) is 0 Å². The standard InChI is InChI=1S/C11H15NO4S/c1-11(2,5-6-13)12-9(14)7-3-4-8(17-7)10(15)16/h3-4,13H,5-6H2,1-2H3,(H,12,14)(H,15,16). The number of nitrogens with one attached hydrogen (secondary N) is 1. The second kappa shape index (κ2) is 5.29. The van der Waals surface area contributed by atoms with Gasteiger partial charge in [-0.15, -0.1) is 11.3 Å². The van der Waals surface area contributed by atoms with Gasteiger partial charge < -0.3 is 15.5 Å². The lowest BCUT2D eigenvalue weighted by molar-refractivity contribution is 0.0702. The molecule has 0 saturated carbocycles. The normalized spacial score (nSPS) is 11.2. The van der Waals surface area contributed by atoms with Crippen molar-refractivity contribution in [3.63, 3.8) is 0 Å². The molecule has 5 nitrogen and oxygen atoms in total. The van der Waals surface area contributed by atoms with Gasteiger partial charge in [0.1, 0.15) is 4.88 Å². The van der Waals surface area contributed by atoms with E-state index in [1.165, 1.54) is 12.1 Å². The molecule has 94 valence electrons. The SMILES string of the molecule is CC(C)(CCO)NC(=O)c1ccc(C(=O)O)s1. The molecule has 0 fully saturated rings. The number of hydrogen-bond acceptors (Lipinski definition) is 4. The molecule has 17 heavy (non-hydrogen) atoms. The minimum Gasteiger partial charge on any atom is -0.477 e. The third-order valence-corrected chi connectivity index (χ3v) is 3.30. The van der Waals surface area contributed by atoms with Crippen molar-refractivity contribution >= 4 is 23.2 Å². The lowest BCUT2D eigenvalue weighted by Gasteiger charge is -2.24. The van der Waals surface area contributed by atoms with Gasteiger partial charge in [-0.3, -0.25) is 4.79 Å². The first-order valence-electron chi connectivity index (χ1n) is 5.12. The van der Waals surface area contributed by atoms with Crippen molar-refractivity contribution < 1.29 is 19.8 Å². The topological polar surface area (TPSA) is 86.6 Å². The van der Waals surface area contributed by atoms with E-state index in [9.17, 15) is 9.59 Å². The maximum atomic E-state index is 11.8. The molecule has 0 aliphatic carbocycles. The quantitative estimate of drug-likeness (QED) is 0.743. The number of carbonyl (C=O) groups is 2. The summed E-state index contributed by atoms with van der Waals surface area (Å²) in [5, 5.41) is 20.3. The number of carbonyl (C=O) groups excluding carboxylic acids is 1. The first kappa shape index (κ1) is 13.7. The largest absolute Gasteiger partial charge is 0.477 e. The fraction of sp³-hybridized carbons (Fsp3) is 0.455. The third kappa shape index (κ3) is 3.83. The number of rotatable bonds is 5. The molecule has 1 rings (SSSR count). The van der Waals surface area contributed by atoms with Crippen molar-refractivity contribution in [2.45, 2.75) is 25.8 Å². The number of carboxylic acids is 1. The van der Waals surface area contributed by atoms with Gasteiger partial charge in [0.05, 0.1) is 4.88 Å². The highest BCUT2D eigenvalue weighted by Gasteiger charge is 2.22. The maximum Gasteiger partial charge on any atom is 0.345 e. The summed E-state index contributed by atoms with van der Waals surface area (Å²) in [5.74, 6) is -1.36. The van der Waals surface area contributed by atoms with Crippen LogP contribution in [0.2, 0.25) is 0 Å². The Balaban J connectivity index is 2.73. The molecule has 0 atom stereocenters. The summed E-state index contributed by atoms with van der Waals surface area (Å²) in [6.45, 7) is 3.58. The number of hydrogen-bond donors (Lipinski definition) is 3. The number of aliphatic hydroxyl groups is 1. The molecule has 1 amide bonds. The van der Waals surface area contributed by atoms with Gasteiger partial charge in [-0.2, -0.15) is 0 Å². The van der Waals surface area contributed by atoms with E-state index in [0.717, 1.165) is 11.3 Å². The molecule has 6 heteroatoms. The van der Waals surface area contributed by atoms with Gasteiger partial charge in [0, 0.05) is 12.1 Å². The Morgan fingerprint density at radius 3 is 2.41 bits per heavy atom. The zero-order chi connectivity index (χ0) is 13.1. The summed E-state index contributed by atoms with van der Waals surface area (Å²) >= 11 is 0.934. The fourth-order valence-electron chi connectivity index (χ4n) is 1.29. The molecule has 0 aliphatic heterocycles. The van der Waals surface area contributed by atoms with Gasteiger partial charge in [-0.05, 0) is 32.4 Å². The minimum absolute atomic E-state index is 0.0158. The monoisotopic (exact) mass is 257 g/mol. The molecule has 1 heterocycles. The Bertz CT molecular complexity index is 425. The van der Waals surface area contributed by atoms with Crippen LogP contribution in [0.15, 0.2) is 12.1 Å². The number of thiophene rings is 1. The van der Waals surface area contributed by atoms with E-state index in [4.69, 9.17) is 10.2 Å². The van der Waals surface area contributed by atoms with Crippen LogP contribution in [0, 0.1) is 0 Å². The predicted octanol–water partition coefficient (Wildman–Crippen LogP) is 1.34. The van der Waals surface area contributed by atoms with E-state index in [-0.39, 0.29) is 17.4 Å². The first-order valence-corrected chi connectivity index (χ1v) is 5.94. The van der Waals surface area contributed by atoms with Gasteiger partial charge in [-0.1, -0.05) is 0 Å². The molecular weight excluding hydrogens is 242 g/mol. The van der Waals surface area contributed by atoms with Crippen LogP contribution in [-0.4, -0.2) is 34.2 Å². The summed E-state index contributed by atoms with van der Waals surface area (Å²) in [4.78, 5) is 23.0. The van der Waals surface area contributed by atoms with Gasteiger partial charge in [-0.25, -0.2) is 4.79 Å². The van der Waals surface area contributed by atoms with Crippen LogP contribution in [0.1, 0.15) is 39.6 Å². The highest BCUT2D eigenvalue weighted by Crippen LogP contribution is 2.18. The molecule has 0 aliphatic rings. The minimum atomic E-state index is -1.04. The van der Waals surface area contributed by atoms with E-state index in [0.29, 0.717) is 11.3 Å². The smallest absolute Gasteiger partial charge is 0.345 e. The predicted molar refractivity (Wildman–Crippen MR) is 64.5 cm³/mol. The molecular formula is C11H15NO4S. The lowest BCUT2D eigenvalue weighted by Crippen LogP contribution is -2.43. The van der Waals surface area contributed by atoms with Crippen LogP contribution >= 0.6 is 11.3 Å². The highest BCUT2D eigenvalue weighted by atomic mass is 32.1. The third-order valence-electron chi connectivity index (χ3n) is 2.23. The van der Waals surface area contributed by atoms with E-state index >= 15 is 0 Å². The van der Waals surface area contributed by atoms with Gasteiger partial charge >= 0.3 is 5.97 Å². The van der Waals surface area contributed by atoms with E-state index in [1.54, 1.807) is 13.8 Å². The zero-order valence-corrected chi connectivity index (χ0v) is 10.5. The van der Waals surface area contributed by atoms with Crippen LogP contribution in [0.5, 0.6) is 0 Å². The summed E-state index contributed by atoms with van der Waals surface area (Å²) in [5.41, 5.74) is -0.515. The van der Waals surface area contributed by atoms with E-state index in [1.807, 2.05) is 0 Å². The molecule has 1 aromatic rings. The second-order valence-electron chi connectivity index (χ2n) is 4.28. The van der Waals surface area contributed by atoms with Gasteiger partial charge in [0.15, 0.2) is 0 Å². The summed E-state index contributed by atoms with van der Waals surface area (Å²) < 4.78 is 0. The molecule has 0 aromatic carbocycles. The van der Waals surface area contributed by atoms with E-state index < -0.39 is 11.5 Å². The average molecular weight is 257 g/mol. The van der Waals surface area contributed by atoms with Crippen LogP contribution in [0.25, 0.3) is 0 Å². The molecule has 0 spiro atoms. The summed E-state index contributed by atoms with van der Waals surface area (Å²) in [6, 6.07) is 2.89. The molecule has 0 unspecified atom stereocenters. The van der Waals surface area contributed by atoms with Crippen molar-refractivity contribution in [2.75, 3.05) is 6.61 Å². The van der Waals surface area contributed by atoms with Gasteiger partial charge in [0.25, 0.3) is 5.91 Å². The maximum absolute atomic E-state index is 11.8. The van der Waals surface area contributed by atoms with Crippen molar-refractivity contribution in [1.29, 1.82) is 0 Å². The Morgan fingerprint density at radius 1 is 1.35 bits per heavy atom. The van der Waals surface area contributed by atoms with Crippen LogP contribution in [0.3, 0.4) is 0 Å². The molecule has 3 N–H and O–H groups in total. The molecule has 0 bridgehead atoms. The van der Waals surface area contributed by atoms with Crippen molar-refractivity contribution in [1.82, 2.24) is 5.32 Å². The Morgan fingerprint density at radius 2 is 1.94 bits per heavy atom. The number of aromatic carboxylic acids is 1. The van der Waals surface area contributed by atoms with E-state index in [2.05, 4.69) is 5.32 Å². The van der Waals surface area contributed by atoms with Gasteiger partial charge in [0.2, 0.25) is 0 Å². The highest BCUT2D eigenvalue weighted by molar-refractivity contribution is 7.15. The summed E-state index contributed by atoms with van der Waals surface area (Å²) in [6.07, 6.45) is 0.440. The number of amides is 1. The first-order chi connectivity index (χ1) is 7.85. The van der Waals surface area contributed by atoms with Crippen LogP contribution in [0.4, 0.5) is 0 Å². The molecule has 1 aromatic heterocycles. The summed E-state index contributed by atoms with van der Waals surface area (Å²) in [7, 11) is 0. The van der Waals surface area contributed by atoms with Crippen LogP contribution < -0.4 is 5.32 Å². The number of aliphatic hydroxyl groups excluding tert-OH is 1. The zero-order valence-electron chi connectivity index (χ0n) is 9.69. The fourth-order valence-corrected chi connectivity index (χ4v) is 2.03. The van der Waals surface area contributed by atoms with Crippen molar-refractivity contribution in [2.24, 2.45) is 0 Å².